The van der Waals surface area contributed by atoms with Gasteiger partial charge in [-0.25, -0.2) is 0 Å². The van der Waals surface area contributed by atoms with Crippen LogP contribution < -0.4 is 10.6 Å². The third-order valence-corrected chi connectivity index (χ3v) is 6.72. The molecule has 0 aliphatic heterocycles. The number of amides is 2. The fourth-order valence-electron chi connectivity index (χ4n) is 5.08. The highest BCUT2D eigenvalue weighted by Gasteiger charge is 2.46. The Labute approximate surface area is 161 Å². The lowest BCUT2D eigenvalue weighted by atomic mass is 9.61. The van der Waals surface area contributed by atoms with E-state index in [0.717, 1.165) is 38.5 Å². The van der Waals surface area contributed by atoms with Crippen molar-refractivity contribution in [2.24, 2.45) is 11.3 Å². The monoisotopic (exact) mass is 372 g/mol. The minimum Gasteiger partial charge on any atom is -0.352 e. The van der Waals surface area contributed by atoms with E-state index in [1.54, 1.807) is 17.1 Å². The fraction of sp³-hybridized carbons (Fsp3) is 0.762. The Hall–Kier alpha value is -1.85. The van der Waals surface area contributed by atoms with Crippen molar-refractivity contribution in [1.82, 2.24) is 15.1 Å². The van der Waals surface area contributed by atoms with Gasteiger partial charge < -0.3 is 10.6 Å². The first-order valence-electron chi connectivity index (χ1n) is 10.8. The summed E-state index contributed by atoms with van der Waals surface area (Å²) in [6.07, 6.45) is 17.4. The average Bonchev–Trinajstić information content (AvgIpc) is 3.40. The molecule has 0 unspecified atom stereocenters. The molecule has 0 spiro atoms. The van der Waals surface area contributed by atoms with Crippen LogP contribution in [0.4, 0.5) is 5.69 Å². The van der Waals surface area contributed by atoms with E-state index in [-0.39, 0.29) is 23.8 Å². The van der Waals surface area contributed by atoms with Crippen molar-refractivity contribution in [2.75, 3.05) is 5.32 Å². The van der Waals surface area contributed by atoms with Crippen LogP contribution in [0.2, 0.25) is 0 Å². The Morgan fingerprint density at radius 1 is 1.04 bits per heavy atom. The van der Waals surface area contributed by atoms with Gasteiger partial charge in [-0.2, -0.15) is 5.10 Å². The second kappa shape index (κ2) is 8.03. The van der Waals surface area contributed by atoms with E-state index in [1.165, 1.54) is 38.5 Å². The van der Waals surface area contributed by atoms with Crippen LogP contribution in [0.3, 0.4) is 0 Å². The highest BCUT2D eigenvalue weighted by molar-refractivity contribution is 5.95. The number of rotatable bonds is 6. The molecular formula is C21H32N4O2. The average molecular weight is 373 g/mol. The van der Waals surface area contributed by atoms with E-state index in [1.807, 2.05) is 0 Å². The number of anilines is 1. The predicted octanol–water partition coefficient (Wildman–Crippen LogP) is 3.63. The van der Waals surface area contributed by atoms with Crippen molar-refractivity contribution in [2.45, 2.75) is 89.6 Å². The molecule has 2 amide bonds. The van der Waals surface area contributed by atoms with Crippen LogP contribution in [0.1, 0.15) is 77.0 Å². The Morgan fingerprint density at radius 3 is 2.44 bits per heavy atom. The van der Waals surface area contributed by atoms with Gasteiger partial charge in [-0.1, -0.05) is 38.5 Å². The second-order valence-electron chi connectivity index (χ2n) is 8.77. The third kappa shape index (κ3) is 4.36. The van der Waals surface area contributed by atoms with Crippen LogP contribution in [0.25, 0.3) is 0 Å². The quantitative estimate of drug-likeness (QED) is 0.800. The minimum absolute atomic E-state index is 0.00978. The SMILES string of the molecule is O=C(Cn1cc(NC(=O)C2(C3CCCCC3)CCCCC2)cn1)NC1CC1. The summed E-state index contributed by atoms with van der Waals surface area (Å²) in [5, 5.41) is 10.4. The van der Waals surface area contributed by atoms with Gasteiger partial charge in [0.1, 0.15) is 6.54 Å². The summed E-state index contributed by atoms with van der Waals surface area (Å²) in [5.41, 5.74) is 0.504. The molecule has 0 bridgehead atoms. The Morgan fingerprint density at radius 2 is 1.74 bits per heavy atom. The lowest BCUT2D eigenvalue weighted by Crippen LogP contribution is -2.44. The van der Waals surface area contributed by atoms with E-state index in [4.69, 9.17) is 0 Å². The van der Waals surface area contributed by atoms with E-state index < -0.39 is 0 Å². The lowest BCUT2D eigenvalue weighted by molar-refractivity contribution is -0.132. The molecule has 2 N–H and O–H groups in total. The predicted molar refractivity (Wildman–Crippen MR) is 104 cm³/mol. The third-order valence-electron chi connectivity index (χ3n) is 6.72. The number of carbonyl (C=O) groups excluding carboxylic acids is 2. The first-order valence-corrected chi connectivity index (χ1v) is 10.8. The van der Waals surface area contributed by atoms with Gasteiger partial charge in [-0.15, -0.1) is 0 Å². The zero-order valence-electron chi connectivity index (χ0n) is 16.2. The van der Waals surface area contributed by atoms with Crippen LogP contribution in [0.5, 0.6) is 0 Å². The summed E-state index contributed by atoms with van der Waals surface area (Å²) in [7, 11) is 0. The number of hydrogen-bond acceptors (Lipinski definition) is 3. The van der Waals surface area contributed by atoms with Gasteiger partial charge in [0.15, 0.2) is 0 Å². The van der Waals surface area contributed by atoms with Gasteiger partial charge in [-0.05, 0) is 44.4 Å². The first kappa shape index (κ1) is 18.5. The van der Waals surface area contributed by atoms with Crippen molar-refractivity contribution >= 4 is 17.5 Å². The molecule has 1 heterocycles. The van der Waals surface area contributed by atoms with Crippen LogP contribution in [0.15, 0.2) is 12.4 Å². The van der Waals surface area contributed by atoms with Crippen LogP contribution in [-0.2, 0) is 16.1 Å². The molecule has 1 aromatic heterocycles. The minimum atomic E-state index is -0.204. The molecule has 3 aliphatic carbocycles. The van der Waals surface area contributed by atoms with Gasteiger partial charge in [0.25, 0.3) is 0 Å². The lowest BCUT2D eigenvalue weighted by Gasteiger charge is -2.44. The molecular weight excluding hydrogens is 340 g/mol. The molecule has 0 atom stereocenters. The van der Waals surface area contributed by atoms with E-state index in [0.29, 0.717) is 17.6 Å². The number of aromatic nitrogens is 2. The molecule has 27 heavy (non-hydrogen) atoms. The number of nitrogens with zero attached hydrogens (tertiary/aromatic N) is 2. The summed E-state index contributed by atoms with van der Waals surface area (Å²) in [6, 6.07) is 0.355. The Balaban J connectivity index is 1.40. The maximum absolute atomic E-state index is 13.3. The summed E-state index contributed by atoms with van der Waals surface area (Å²) in [4.78, 5) is 25.3. The number of nitrogens with one attached hydrogen (secondary N) is 2. The highest BCUT2D eigenvalue weighted by Crippen LogP contribution is 2.49. The number of carbonyl (C=O) groups is 2. The zero-order valence-corrected chi connectivity index (χ0v) is 16.2. The van der Waals surface area contributed by atoms with E-state index >= 15 is 0 Å². The van der Waals surface area contributed by atoms with Crippen molar-refractivity contribution in [3.8, 4) is 0 Å². The van der Waals surface area contributed by atoms with Gasteiger partial charge in [0, 0.05) is 12.2 Å². The summed E-state index contributed by atoms with van der Waals surface area (Å²) in [6.45, 7) is 0.208. The van der Waals surface area contributed by atoms with Crippen molar-refractivity contribution in [3.05, 3.63) is 12.4 Å². The highest BCUT2D eigenvalue weighted by atomic mass is 16.2. The summed E-state index contributed by atoms with van der Waals surface area (Å²) in [5.74, 6) is 0.687. The smallest absolute Gasteiger partial charge is 0.241 e. The standard InChI is InChI=1S/C21H32N4O2/c26-19(23-17-9-10-17)15-25-14-18(13-22-25)24-20(27)21(11-5-2-6-12-21)16-7-3-1-4-8-16/h13-14,16-17H,1-12,15H2,(H,23,26)(H,24,27). The topological polar surface area (TPSA) is 76.0 Å². The fourth-order valence-corrected chi connectivity index (χ4v) is 5.08. The summed E-state index contributed by atoms with van der Waals surface area (Å²) < 4.78 is 1.61. The first-order chi connectivity index (χ1) is 13.2. The molecule has 1 aromatic rings. The van der Waals surface area contributed by atoms with Gasteiger partial charge in [0.05, 0.1) is 17.3 Å². The molecule has 4 rings (SSSR count). The Bertz CT molecular complexity index is 667. The van der Waals surface area contributed by atoms with Crippen molar-refractivity contribution in [3.63, 3.8) is 0 Å². The number of hydrogen-bond donors (Lipinski definition) is 2. The maximum atomic E-state index is 13.3. The molecule has 148 valence electrons. The molecule has 0 aromatic carbocycles. The second-order valence-corrected chi connectivity index (χ2v) is 8.77. The van der Waals surface area contributed by atoms with Gasteiger partial charge >= 0.3 is 0 Å². The van der Waals surface area contributed by atoms with E-state index in [2.05, 4.69) is 15.7 Å². The van der Waals surface area contributed by atoms with Crippen molar-refractivity contribution in [1.29, 1.82) is 0 Å². The van der Waals surface area contributed by atoms with Gasteiger partial charge in [0.2, 0.25) is 11.8 Å². The van der Waals surface area contributed by atoms with Crippen LogP contribution in [-0.4, -0.2) is 27.6 Å². The summed E-state index contributed by atoms with van der Waals surface area (Å²) >= 11 is 0. The van der Waals surface area contributed by atoms with Gasteiger partial charge in [-0.3, -0.25) is 14.3 Å². The molecule has 0 radical (unpaired) electrons. The Kier molecular flexibility index (Phi) is 5.50. The molecule has 6 nitrogen and oxygen atoms in total. The van der Waals surface area contributed by atoms with E-state index in [9.17, 15) is 9.59 Å². The molecule has 6 heteroatoms. The molecule has 3 fully saturated rings. The normalized spacial score (nSPS) is 23.0. The molecule has 3 aliphatic rings. The van der Waals surface area contributed by atoms with Crippen LogP contribution >= 0.6 is 0 Å². The van der Waals surface area contributed by atoms with Crippen LogP contribution in [0, 0.1) is 11.3 Å². The molecule has 3 saturated carbocycles. The largest absolute Gasteiger partial charge is 0.352 e. The molecule has 0 saturated heterocycles. The maximum Gasteiger partial charge on any atom is 0.241 e. The zero-order chi connectivity index (χ0) is 18.7. The van der Waals surface area contributed by atoms with Crippen molar-refractivity contribution < 1.29 is 9.59 Å².